The van der Waals surface area contributed by atoms with Crippen molar-refractivity contribution in [3.05, 3.63) is 16.7 Å². The quantitative estimate of drug-likeness (QED) is 0.926. The molecule has 0 aliphatic carbocycles. The third kappa shape index (κ3) is 2.81. The Morgan fingerprint density at radius 1 is 1.50 bits per heavy atom. The first kappa shape index (κ1) is 13.3. The number of nitrogens with one attached hydrogen (secondary N) is 1. The minimum absolute atomic E-state index is 0.102. The molecule has 1 aliphatic rings. The number of rotatable bonds is 2. The molecule has 1 fully saturated rings. The van der Waals surface area contributed by atoms with E-state index < -0.39 is 0 Å². The van der Waals surface area contributed by atoms with Gasteiger partial charge in [0.25, 0.3) is 0 Å². The molecule has 0 spiro atoms. The standard InChI is InChI=1S/C10H10BrN3O2.C2H6/c11-6-3-8-9(12-4-6)13-14-10(8)16-7-1-2-15-5-7;1-2/h3-4,7H,1-2,5H2,(H,12,13,14);1-2H3. The van der Waals surface area contributed by atoms with E-state index in [0.717, 1.165) is 28.5 Å². The van der Waals surface area contributed by atoms with E-state index in [9.17, 15) is 0 Å². The molecule has 2 aromatic heterocycles. The largest absolute Gasteiger partial charge is 0.470 e. The second kappa shape index (κ2) is 6.15. The first-order valence-corrected chi connectivity index (χ1v) is 6.86. The summed E-state index contributed by atoms with van der Waals surface area (Å²) >= 11 is 3.38. The molecule has 3 rings (SSSR count). The maximum absolute atomic E-state index is 5.76. The summed E-state index contributed by atoms with van der Waals surface area (Å²) in [6.45, 7) is 5.39. The number of pyridine rings is 1. The molecule has 3 heterocycles. The van der Waals surface area contributed by atoms with Crippen LogP contribution in [0.15, 0.2) is 16.7 Å². The van der Waals surface area contributed by atoms with Gasteiger partial charge in [-0.25, -0.2) is 4.98 Å². The van der Waals surface area contributed by atoms with Crippen molar-refractivity contribution >= 4 is 27.0 Å². The van der Waals surface area contributed by atoms with E-state index >= 15 is 0 Å². The molecule has 18 heavy (non-hydrogen) atoms. The van der Waals surface area contributed by atoms with Gasteiger partial charge in [-0.3, -0.25) is 5.10 Å². The molecular weight excluding hydrogens is 298 g/mol. The van der Waals surface area contributed by atoms with E-state index in [-0.39, 0.29) is 6.10 Å². The van der Waals surface area contributed by atoms with Gasteiger partial charge < -0.3 is 9.47 Å². The summed E-state index contributed by atoms with van der Waals surface area (Å²) in [5.74, 6) is 0.597. The summed E-state index contributed by atoms with van der Waals surface area (Å²) in [5.41, 5.74) is 0.733. The molecule has 2 aromatic rings. The van der Waals surface area contributed by atoms with Crippen molar-refractivity contribution in [1.29, 1.82) is 0 Å². The van der Waals surface area contributed by atoms with Crippen LogP contribution in [0.25, 0.3) is 11.0 Å². The van der Waals surface area contributed by atoms with Gasteiger partial charge in [-0.2, -0.15) is 0 Å². The fourth-order valence-electron chi connectivity index (χ4n) is 1.71. The van der Waals surface area contributed by atoms with Crippen molar-refractivity contribution in [1.82, 2.24) is 15.2 Å². The summed E-state index contributed by atoms with van der Waals surface area (Å²) in [4.78, 5) is 4.20. The molecule has 0 aromatic carbocycles. The van der Waals surface area contributed by atoms with Gasteiger partial charge in [0.2, 0.25) is 5.88 Å². The third-order valence-corrected chi connectivity index (χ3v) is 2.95. The van der Waals surface area contributed by atoms with Crippen LogP contribution in [-0.4, -0.2) is 34.5 Å². The molecule has 0 saturated carbocycles. The molecule has 98 valence electrons. The highest BCUT2D eigenvalue weighted by Crippen LogP contribution is 2.25. The Morgan fingerprint density at radius 3 is 3.06 bits per heavy atom. The van der Waals surface area contributed by atoms with Gasteiger partial charge in [0.05, 0.1) is 18.6 Å². The smallest absolute Gasteiger partial charge is 0.242 e. The molecule has 6 heteroatoms. The molecule has 1 atom stereocenters. The summed E-state index contributed by atoms with van der Waals surface area (Å²) in [6, 6.07) is 1.94. The molecule has 0 radical (unpaired) electrons. The SMILES string of the molecule is Brc1cnc2[nH]nc(OC3CCOC3)c2c1.CC. The lowest BCUT2D eigenvalue weighted by atomic mass is 10.3. The molecule has 1 unspecified atom stereocenters. The van der Waals surface area contributed by atoms with Crippen molar-refractivity contribution in [3.63, 3.8) is 0 Å². The Kier molecular flexibility index (Phi) is 4.54. The maximum Gasteiger partial charge on any atom is 0.242 e. The minimum atomic E-state index is 0.102. The van der Waals surface area contributed by atoms with Crippen molar-refractivity contribution in [2.45, 2.75) is 26.4 Å². The second-order valence-electron chi connectivity index (χ2n) is 3.68. The van der Waals surface area contributed by atoms with Crippen LogP contribution in [0.4, 0.5) is 0 Å². The summed E-state index contributed by atoms with van der Waals surface area (Å²) in [5, 5.41) is 7.85. The average Bonchev–Trinajstić information content (AvgIpc) is 3.03. The highest BCUT2D eigenvalue weighted by Gasteiger charge is 2.19. The van der Waals surface area contributed by atoms with Crippen molar-refractivity contribution in [3.8, 4) is 5.88 Å². The average molecular weight is 314 g/mol. The zero-order valence-corrected chi connectivity index (χ0v) is 12.0. The third-order valence-electron chi connectivity index (χ3n) is 2.51. The highest BCUT2D eigenvalue weighted by molar-refractivity contribution is 9.10. The molecule has 1 aliphatic heterocycles. The lowest BCUT2D eigenvalue weighted by Crippen LogP contribution is -2.15. The molecular formula is C12H16BrN3O2. The van der Waals surface area contributed by atoms with E-state index in [2.05, 4.69) is 31.1 Å². The van der Waals surface area contributed by atoms with Gasteiger partial charge in [0, 0.05) is 17.1 Å². The van der Waals surface area contributed by atoms with E-state index in [1.807, 2.05) is 19.9 Å². The number of aromatic amines is 1. The van der Waals surface area contributed by atoms with E-state index in [4.69, 9.17) is 9.47 Å². The summed E-state index contributed by atoms with van der Waals surface area (Å²) in [7, 11) is 0. The topological polar surface area (TPSA) is 60.0 Å². The molecule has 5 nitrogen and oxygen atoms in total. The van der Waals surface area contributed by atoms with Crippen LogP contribution in [0.3, 0.4) is 0 Å². The monoisotopic (exact) mass is 313 g/mol. The lowest BCUT2D eigenvalue weighted by Gasteiger charge is -2.08. The molecule has 1 saturated heterocycles. The van der Waals surface area contributed by atoms with E-state index in [0.29, 0.717) is 12.5 Å². The fourth-order valence-corrected chi connectivity index (χ4v) is 2.04. The van der Waals surface area contributed by atoms with Crippen molar-refractivity contribution in [2.75, 3.05) is 13.2 Å². The van der Waals surface area contributed by atoms with Crippen LogP contribution in [0.1, 0.15) is 20.3 Å². The number of hydrogen-bond donors (Lipinski definition) is 1. The Labute approximate surface area is 114 Å². The van der Waals surface area contributed by atoms with Crippen LogP contribution < -0.4 is 4.74 Å². The minimum Gasteiger partial charge on any atom is -0.470 e. The van der Waals surface area contributed by atoms with Gasteiger partial charge in [0.15, 0.2) is 5.65 Å². The number of fused-ring (bicyclic) bond motifs is 1. The number of hydrogen-bond acceptors (Lipinski definition) is 4. The van der Waals surface area contributed by atoms with Gasteiger partial charge in [-0.05, 0) is 22.0 Å². The van der Waals surface area contributed by atoms with Crippen molar-refractivity contribution < 1.29 is 9.47 Å². The molecule has 0 bridgehead atoms. The predicted octanol–water partition coefficient (Wildman–Crippen LogP) is 2.91. The zero-order chi connectivity index (χ0) is 13.0. The second-order valence-corrected chi connectivity index (χ2v) is 4.60. The Bertz CT molecular complexity index is 509. The highest BCUT2D eigenvalue weighted by atomic mass is 79.9. The number of nitrogens with zero attached hydrogens (tertiary/aromatic N) is 2. The van der Waals surface area contributed by atoms with Gasteiger partial charge in [-0.15, -0.1) is 5.10 Å². The first-order valence-electron chi connectivity index (χ1n) is 6.07. The number of ether oxygens (including phenoxy) is 2. The molecule has 0 amide bonds. The first-order chi connectivity index (χ1) is 8.83. The lowest BCUT2D eigenvalue weighted by molar-refractivity contribution is 0.139. The normalized spacial score (nSPS) is 18.5. The predicted molar refractivity (Wildman–Crippen MR) is 72.8 cm³/mol. The zero-order valence-electron chi connectivity index (χ0n) is 10.4. The van der Waals surface area contributed by atoms with Gasteiger partial charge >= 0.3 is 0 Å². The molecule has 1 N–H and O–H groups in total. The van der Waals surface area contributed by atoms with Crippen LogP contribution in [0.5, 0.6) is 5.88 Å². The number of aromatic nitrogens is 3. The van der Waals surface area contributed by atoms with E-state index in [1.54, 1.807) is 6.20 Å². The van der Waals surface area contributed by atoms with Crippen LogP contribution in [0.2, 0.25) is 0 Å². The van der Waals surface area contributed by atoms with Gasteiger partial charge in [-0.1, -0.05) is 13.8 Å². The maximum atomic E-state index is 5.76. The summed E-state index contributed by atoms with van der Waals surface area (Å²) < 4.78 is 11.9. The number of H-pyrrole nitrogens is 1. The van der Waals surface area contributed by atoms with Gasteiger partial charge in [0.1, 0.15) is 6.10 Å². The van der Waals surface area contributed by atoms with Crippen LogP contribution in [-0.2, 0) is 4.74 Å². The van der Waals surface area contributed by atoms with Crippen molar-refractivity contribution in [2.24, 2.45) is 0 Å². The summed E-state index contributed by atoms with van der Waals surface area (Å²) in [6.07, 6.45) is 2.74. The Morgan fingerprint density at radius 2 is 2.33 bits per heavy atom. The van der Waals surface area contributed by atoms with Crippen LogP contribution in [0, 0.1) is 0 Å². The Balaban J connectivity index is 0.000000574. The van der Waals surface area contributed by atoms with E-state index in [1.165, 1.54) is 0 Å². The van der Waals surface area contributed by atoms with Crippen LogP contribution >= 0.6 is 15.9 Å². The fraction of sp³-hybridized carbons (Fsp3) is 0.500. The Hall–Kier alpha value is -1.14. The number of halogens is 1.